The van der Waals surface area contributed by atoms with E-state index in [0.717, 1.165) is 6.07 Å². The topological polar surface area (TPSA) is 26.0 Å². The second-order valence-corrected chi connectivity index (χ2v) is 3.00. The number of nitrogens with two attached hydrogens (primary N) is 1. The fourth-order valence-corrected chi connectivity index (χ4v) is 1.12. The smallest absolute Gasteiger partial charge is 0.324 e. The summed E-state index contributed by atoms with van der Waals surface area (Å²) >= 11 is 0. The molecule has 1 atom stereocenters. The first kappa shape index (κ1) is 14.2. The van der Waals surface area contributed by atoms with E-state index in [9.17, 15) is 17.6 Å². The normalized spacial score (nSPS) is 13.2. The van der Waals surface area contributed by atoms with Gasteiger partial charge in [-0.2, -0.15) is 13.2 Å². The maximum atomic E-state index is 13.2. The van der Waals surface area contributed by atoms with Crippen LogP contribution in [0, 0.1) is 5.82 Å². The van der Waals surface area contributed by atoms with Crippen LogP contribution in [0.3, 0.4) is 0 Å². The molecule has 0 aliphatic carbocycles. The van der Waals surface area contributed by atoms with Crippen LogP contribution >= 0.6 is 12.4 Å². The summed E-state index contributed by atoms with van der Waals surface area (Å²) in [5.74, 6) is -1.28. The van der Waals surface area contributed by atoms with Crippen LogP contribution in [0.4, 0.5) is 17.6 Å². The van der Waals surface area contributed by atoms with Crippen LogP contribution in [0.2, 0.25) is 0 Å². The largest absolute Gasteiger partial charge is 0.419 e. The van der Waals surface area contributed by atoms with E-state index in [4.69, 9.17) is 5.73 Å². The molecule has 0 saturated heterocycles. The summed E-state index contributed by atoms with van der Waals surface area (Å²) in [6.07, 6.45) is -4.67. The number of alkyl halides is 3. The highest BCUT2D eigenvalue weighted by Crippen LogP contribution is 2.33. The highest BCUT2D eigenvalue weighted by molar-refractivity contribution is 5.85. The highest BCUT2D eigenvalue weighted by Gasteiger charge is 2.34. The molecule has 2 N–H and O–H groups in total. The minimum absolute atomic E-state index is 0. The van der Waals surface area contributed by atoms with Crippen molar-refractivity contribution in [1.29, 1.82) is 0 Å². The van der Waals surface area contributed by atoms with Gasteiger partial charge >= 0.3 is 6.18 Å². The molecule has 1 nitrogen and oxygen atoms in total. The molecule has 0 fully saturated rings. The van der Waals surface area contributed by atoms with Crippen molar-refractivity contribution in [2.24, 2.45) is 5.73 Å². The molecule has 1 rings (SSSR count). The molecule has 0 aliphatic heterocycles. The summed E-state index contributed by atoms with van der Waals surface area (Å²) in [7, 11) is 0. The van der Waals surface area contributed by atoms with Gasteiger partial charge in [-0.05, 0) is 13.0 Å². The fraction of sp³-hybridized carbons (Fsp3) is 0.333. The third-order valence-corrected chi connectivity index (χ3v) is 1.82. The third kappa shape index (κ3) is 3.07. The van der Waals surface area contributed by atoms with Crippen LogP contribution in [-0.4, -0.2) is 0 Å². The Morgan fingerprint density at radius 2 is 1.80 bits per heavy atom. The lowest BCUT2D eigenvalue weighted by atomic mass is 10.0. The van der Waals surface area contributed by atoms with Crippen molar-refractivity contribution in [2.75, 3.05) is 0 Å². The van der Waals surface area contributed by atoms with Gasteiger partial charge in [0.15, 0.2) is 0 Å². The van der Waals surface area contributed by atoms with Gasteiger partial charge in [-0.1, -0.05) is 12.1 Å². The molecule has 0 radical (unpaired) electrons. The van der Waals surface area contributed by atoms with Crippen LogP contribution in [0.15, 0.2) is 18.2 Å². The molecule has 0 heterocycles. The quantitative estimate of drug-likeness (QED) is 0.753. The SMILES string of the molecule is C[C@H](N)c1cccc(C(F)(F)F)c1F.Cl. The van der Waals surface area contributed by atoms with Crippen molar-refractivity contribution in [3.05, 3.63) is 35.1 Å². The Labute approximate surface area is 90.7 Å². The number of halogens is 5. The van der Waals surface area contributed by atoms with E-state index in [0.29, 0.717) is 6.07 Å². The van der Waals surface area contributed by atoms with Gasteiger partial charge in [-0.3, -0.25) is 0 Å². The van der Waals surface area contributed by atoms with Gasteiger partial charge in [0.2, 0.25) is 0 Å². The summed E-state index contributed by atoms with van der Waals surface area (Å²) < 4.78 is 49.9. The Morgan fingerprint density at radius 3 is 2.20 bits per heavy atom. The number of hydrogen-bond acceptors (Lipinski definition) is 1. The Kier molecular flexibility index (Phi) is 4.55. The van der Waals surface area contributed by atoms with Gasteiger partial charge in [0.05, 0.1) is 5.56 Å². The summed E-state index contributed by atoms with van der Waals surface area (Å²) in [4.78, 5) is 0. The lowest BCUT2D eigenvalue weighted by Gasteiger charge is -2.12. The van der Waals surface area contributed by atoms with Gasteiger partial charge in [-0.25, -0.2) is 4.39 Å². The highest BCUT2D eigenvalue weighted by atomic mass is 35.5. The van der Waals surface area contributed by atoms with Crippen molar-refractivity contribution in [2.45, 2.75) is 19.1 Å². The first-order valence-corrected chi connectivity index (χ1v) is 3.95. The third-order valence-electron chi connectivity index (χ3n) is 1.82. The van der Waals surface area contributed by atoms with Crippen molar-refractivity contribution < 1.29 is 17.6 Å². The molecular formula is C9H10ClF4N. The number of benzene rings is 1. The molecule has 0 bridgehead atoms. The van der Waals surface area contributed by atoms with E-state index in [1.165, 1.54) is 13.0 Å². The van der Waals surface area contributed by atoms with Gasteiger partial charge in [0, 0.05) is 11.6 Å². The molecular weight excluding hydrogens is 234 g/mol. The van der Waals surface area contributed by atoms with Crippen LogP contribution < -0.4 is 5.73 Å². The molecule has 0 saturated carbocycles. The maximum absolute atomic E-state index is 13.2. The zero-order valence-corrected chi connectivity index (χ0v) is 8.62. The Morgan fingerprint density at radius 1 is 1.27 bits per heavy atom. The predicted octanol–water partition coefficient (Wildman–Crippen LogP) is 3.29. The van der Waals surface area contributed by atoms with Gasteiger partial charge in [0.25, 0.3) is 0 Å². The first-order chi connectivity index (χ1) is 6.34. The molecule has 0 aromatic heterocycles. The summed E-state index contributed by atoms with van der Waals surface area (Å²) in [5, 5.41) is 0. The fourth-order valence-electron chi connectivity index (χ4n) is 1.12. The molecule has 1 aromatic rings. The summed E-state index contributed by atoms with van der Waals surface area (Å²) in [6.45, 7) is 1.43. The van der Waals surface area contributed by atoms with Gasteiger partial charge in [-0.15, -0.1) is 12.4 Å². The van der Waals surface area contributed by atoms with Crippen LogP contribution in [-0.2, 0) is 6.18 Å². The van der Waals surface area contributed by atoms with Crippen molar-refractivity contribution in [3.63, 3.8) is 0 Å². The zero-order chi connectivity index (χ0) is 10.9. The second-order valence-electron chi connectivity index (χ2n) is 3.00. The Balaban J connectivity index is 0.00000196. The maximum Gasteiger partial charge on any atom is 0.419 e. The van der Waals surface area contributed by atoms with E-state index < -0.39 is 23.6 Å². The molecule has 6 heteroatoms. The van der Waals surface area contributed by atoms with Crippen LogP contribution in [0.1, 0.15) is 24.1 Å². The Bertz CT molecular complexity index is 335. The summed E-state index contributed by atoms with van der Waals surface area (Å²) in [6, 6.07) is 2.33. The molecule has 0 amide bonds. The second kappa shape index (κ2) is 4.81. The lowest BCUT2D eigenvalue weighted by Crippen LogP contribution is -2.14. The minimum Gasteiger partial charge on any atom is -0.324 e. The monoisotopic (exact) mass is 243 g/mol. The van der Waals surface area contributed by atoms with Gasteiger partial charge in [0.1, 0.15) is 5.82 Å². The molecule has 15 heavy (non-hydrogen) atoms. The van der Waals surface area contributed by atoms with Gasteiger partial charge < -0.3 is 5.73 Å². The number of hydrogen-bond donors (Lipinski definition) is 1. The van der Waals surface area contributed by atoms with E-state index in [-0.39, 0.29) is 18.0 Å². The van der Waals surface area contributed by atoms with E-state index in [2.05, 4.69) is 0 Å². The average Bonchev–Trinajstić information content (AvgIpc) is 2.01. The van der Waals surface area contributed by atoms with Crippen molar-refractivity contribution in [1.82, 2.24) is 0 Å². The summed E-state index contributed by atoms with van der Waals surface area (Å²) in [5.41, 5.74) is 3.92. The first-order valence-electron chi connectivity index (χ1n) is 3.95. The molecule has 86 valence electrons. The van der Waals surface area contributed by atoms with E-state index in [1.54, 1.807) is 0 Å². The van der Waals surface area contributed by atoms with E-state index >= 15 is 0 Å². The predicted molar refractivity (Wildman–Crippen MR) is 51.3 cm³/mol. The van der Waals surface area contributed by atoms with E-state index in [1.807, 2.05) is 0 Å². The van der Waals surface area contributed by atoms with Crippen LogP contribution in [0.5, 0.6) is 0 Å². The van der Waals surface area contributed by atoms with Crippen molar-refractivity contribution >= 4 is 12.4 Å². The minimum atomic E-state index is -4.67. The molecule has 0 spiro atoms. The standard InChI is InChI=1S/C9H9F4N.ClH/c1-5(14)6-3-2-4-7(8(6)10)9(11,12)13;/h2-5H,14H2,1H3;1H/t5-;/m0./s1. The zero-order valence-electron chi connectivity index (χ0n) is 7.81. The van der Waals surface area contributed by atoms with Crippen LogP contribution in [0.25, 0.3) is 0 Å². The average molecular weight is 244 g/mol. The molecule has 0 unspecified atom stereocenters. The molecule has 0 aliphatic rings. The lowest BCUT2D eigenvalue weighted by molar-refractivity contribution is -0.140. The van der Waals surface area contributed by atoms with Crippen molar-refractivity contribution in [3.8, 4) is 0 Å². The Hall–Kier alpha value is -0.810. The molecule has 1 aromatic carbocycles. The number of rotatable bonds is 1.